The smallest absolute Gasteiger partial charge is 0.462 e. The number of carbonyl (C=O) groups excluding carboxylic acids is 2. The van der Waals surface area contributed by atoms with Crippen molar-refractivity contribution in [2.24, 2.45) is 0 Å². The van der Waals surface area contributed by atoms with Crippen LogP contribution in [0.5, 0.6) is 0 Å². The zero-order chi connectivity index (χ0) is 31.2. The summed E-state index contributed by atoms with van der Waals surface area (Å²) < 4.78 is 32.3. The minimum absolute atomic E-state index is 0.00196. The van der Waals surface area contributed by atoms with Gasteiger partial charge in [0.25, 0.3) is 0 Å². The molecule has 8 nitrogen and oxygen atoms in total. The monoisotopic (exact) mass is 616 g/mol. The molecule has 1 N–H and O–H groups in total. The molecule has 2 unspecified atom stereocenters. The third-order valence-electron chi connectivity index (χ3n) is 6.73. The molecular formula is C33H61O8P. The van der Waals surface area contributed by atoms with Gasteiger partial charge in [0.15, 0.2) is 6.10 Å². The number of carbonyl (C=O) groups is 2. The molecule has 0 saturated carbocycles. The van der Waals surface area contributed by atoms with Crippen molar-refractivity contribution in [3.05, 3.63) is 24.3 Å². The van der Waals surface area contributed by atoms with E-state index in [-0.39, 0.29) is 32.0 Å². The van der Waals surface area contributed by atoms with Gasteiger partial charge in [-0.1, -0.05) is 102 Å². The summed E-state index contributed by atoms with van der Waals surface area (Å²) in [4.78, 5) is 34.4. The first-order chi connectivity index (χ1) is 20.3. The molecule has 42 heavy (non-hydrogen) atoms. The number of hydrogen-bond donors (Lipinski definition) is 1. The average molecular weight is 617 g/mol. The summed E-state index contributed by atoms with van der Waals surface area (Å²) in [6, 6.07) is 0. The minimum atomic E-state index is -4.27. The number of phosphoric ester groups is 1. The van der Waals surface area contributed by atoms with Crippen molar-refractivity contribution in [2.45, 2.75) is 155 Å². The number of hydrogen-bond acceptors (Lipinski definition) is 7. The summed E-state index contributed by atoms with van der Waals surface area (Å²) in [6.07, 6.45) is 28.1. The Morgan fingerprint density at radius 3 is 1.57 bits per heavy atom. The van der Waals surface area contributed by atoms with Gasteiger partial charge in [-0.2, -0.15) is 0 Å². The second-order valence-electron chi connectivity index (χ2n) is 10.8. The fourth-order valence-corrected chi connectivity index (χ4v) is 4.99. The highest BCUT2D eigenvalue weighted by atomic mass is 31.2. The van der Waals surface area contributed by atoms with E-state index >= 15 is 0 Å². The standard InChI is InChI=1S/C33H61O8P/c1-4-7-9-11-13-15-17-19-21-23-25-27-32(34)38-29-31(30-40-42(36,37)39-6-3)41-33(35)28-26-24-22-20-18-16-14-12-10-8-5-2/h11-14,31H,4-10,15-30H2,1-3H3,(H,36,37)/b13-11-,14-12-. The van der Waals surface area contributed by atoms with Gasteiger partial charge in [-0.15, -0.1) is 0 Å². The van der Waals surface area contributed by atoms with E-state index < -0.39 is 26.5 Å². The molecule has 0 heterocycles. The number of rotatable bonds is 30. The van der Waals surface area contributed by atoms with Crippen molar-refractivity contribution in [1.29, 1.82) is 0 Å². The average Bonchev–Trinajstić information content (AvgIpc) is 2.96. The van der Waals surface area contributed by atoms with Crippen LogP contribution in [0.15, 0.2) is 24.3 Å². The molecule has 0 saturated heterocycles. The van der Waals surface area contributed by atoms with E-state index in [1.165, 1.54) is 25.7 Å². The van der Waals surface area contributed by atoms with Crippen LogP contribution in [0.4, 0.5) is 0 Å². The normalized spacial score (nSPS) is 13.9. The van der Waals surface area contributed by atoms with Crippen LogP contribution in [0, 0.1) is 0 Å². The number of allylic oxidation sites excluding steroid dienone is 4. The van der Waals surface area contributed by atoms with Crippen molar-refractivity contribution in [1.82, 2.24) is 0 Å². The van der Waals surface area contributed by atoms with Crippen LogP contribution in [0.3, 0.4) is 0 Å². The van der Waals surface area contributed by atoms with E-state index in [0.29, 0.717) is 6.42 Å². The molecule has 0 spiro atoms. The van der Waals surface area contributed by atoms with E-state index in [1.807, 2.05) is 0 Å². The fourth-order valence-electron chi connectivity index (χ4n) is 4.24. The van der Waals surface area contributed by atoms with Gasteiger partial charge in [-0.3, -0.25) is 18.6 Å². The largest absolute Gasteiger partial charge is 0.472 e. The van der Waals surface area contributed by atoms with Crippen LogP contribution >= 0.6 is 7.82 Å². The van der Waals surface area contributed by atoms with Crippen LogP contribution in [0.25, 0.3) is 0 Å². The first-order valence-electron chi connectivity index (χ1n) is 16.6. The fraction of sp³-hybridized carbons (Fsp3) is 0.818. The van der Waals surface area contributed by atoms with Crippen molar-refractivity contribution in [2.75, 3.05) is 19.8 Å². The molecule has 0 rings (SSSR count). The summed E-state index contributed by atoms with van der Waals surface area (Å²) in [7, 11) is -4.27. The SMILES string of the molecule is CCCC/C=C\CCCCCCCC(=O)OCC(COP(=O)(O)OCC)OC(=O)CCCCCCC/C=C\CCCC. The Kier molecular flexibility index (Phi) is 28.6. The summed E-state index contributed by atoms with van der Waals surface area (Å²) in [6.45, 7) is 5.34. The van der Waals surface area contributed by atoms with Crippen LogP contribution in [0.2, 0.25) is 0 Å². The van der Waals surface area contributed by atoms with Crippen LogP contribution in [-0.2, 0) is 32.7 Å². The maximum Gasteiger partial charge on any atom is 0.472 e. The van der Waals surface area contributed by atoms with Crippen molar-refractivity contribution >= 4 is 19.8 Å². The van der Waals surface area contributed by atoms with Gasteiger partial charge in [-0.25, -0.2) is 4.57 Å². The van der Waals surface area contributed by atoms with Crippen molar-refractivity contribution in [3.63, 3.8) is 0 Å². The predicted molar refractivity (Wildman–Crippen MR) is 170 cm³/mol. The second-order valence-corrected chi connectivity index (χ2v) is 12.3. The summed E-state index contributed by atoms with van der Waals surface area (Å²) in [5.74, 6) is -0.824. The van der Waals surface area contributed by atoms with Gasteiger partial charge in [0.05, 0.1) is 13.2 Å². The van der Waals surface area contributed by atoms with Crippen molar-refractivity contribution in [3.8, 4) is 0 Å². The molecule has 0 aliphatic carbocycles. The first kappa shape index (κ1) is 40.5. The number of esters is 2. The van der Waals surface area contributed by atoms with Gasteiger partial charge < -0.3 is 14.4 Å². The third-order valence-corrected chi connectivity index (χ3v) is 7.79. The molecule has 0 amide bonds. The Hall–Kier alpha value is -1.47. The van der Waals surface area contributed by atoms with Gasteiger partial charge in [0.2, 0.25) is 0 Å². The molecule has 0 aromatic rings. The van der Waals surface area contributed by atoms with Gasteiger partial charge in [0.1, 0.15) is 6.61 Å². The second kappa shape index (κ2) is 29.6. The molecule has 2 atom stereocenters. The summed E-state index contributed by atoms with van der Waals surface area (Å²) in [5.41, 5.74) is 0. The predicted octanol–water partition coefficient (Wildman–Crippen LogP) is 9.55. The molecule has 0 aromatic heterocycles. The summed E-state index contributed by atoms with van der Waals surface area (Å²) in [5, 5.41) is 0. The van der Waals surface area contributed by atoms with Crippen molar-refractivity contribution < 1.29 is 37.6 Å². The number of unbranched alkanes of at least 4 members (excludes halogenated alkanes) is 14. The zero-order valence-corrected chi connectivity index (χ0v) is 27.8. The van der Waals surface area contributed by atoms with E-state index in [1.54, 1.807) is 6.92 Å². The van der Waals surface area contributed by atoms with Crippen LogP contribution < -0.4 is 0 Å². The lowest BCUT2D eigenvalue weighted by molar-refractivity contribution is -0.161. The van der Waals surface area contributed by atoms with E-state index in [9.17, 15) is 19.0 Å². The molecule has 0 aliphatic heterocycles. The topological polar surface area (TPSA) is 108 Å². The van der Waals surface area contributed by atoms with E-state index in [0.717, 1.165) is 83.5 Å². The van der Waals surface area contributed by atoms with Crippen LogP contribution in [0.1, 0.15) is 149 Å². The summed E-state index contributed by atoms with van der Waals surface area (Å²) >= 11 is 0. The molecule has 0 radical (unpaired) electrons. The zero-order valence-electron chi connectivity index (χ0n) is 26.9. The lowest BCUT2D eigenvalue weighted by atomic mass is 10.1. The molecule has 0 aliphatic rings. The van der Waals surface area contributed by atoms with E-state index in [4.69, 9.17) is 18.5 Å². The molecular weight excluding hydrogens is 555 g/mol. The lowest BCUT2D eigenvalue weighted by Crippen LogP contribution is -2.29. The highest BCUT2D eigenvalue weighted by molar-refractivity contribution is 7.47. The Morgan fingerprint density at radius 2 is 1.07 bits per heavy atom. The van der Waals surface area contributed by atoms with Crippen LogP contribution in [-0.4, -0.2) is 42.8 Å². The maximum absolute atomic E-state index is 12.4. The molecule has 9 heteroatoms. The first-order valence-corrected chi connectivity index (χ1v) is 18.1. The number of ether oxygens (including phenoxy) is 2. The van der Waals surface area contributed by atoms with Gasteiger partial charge in [0, 0.05) is 12.8 Å². The lowest BCUT2D eigenvalue weighted by Gasteiger charge is -2.19. The Bertz CT molecular complexity index is 752. The highest BCUT2D eigenvalue weighted by Gasteiger charge is 2.25. The quantitative estimate of drug-likeness (QED) is 0.0368. The van der Waals surface area contributed by atoms with Gasteiger partial charge in [-0.05, 0) is 58.3 Å². The molecule has 246 valence electrons. The molecule has 0 aromatic carbocycles. The minimum Gasteiger partial charge on any atom is -0.462 e. The van der Waals surface area contributed by atoms with Gasteiger partial charge >= 0.3 is 19.8 Å². The Morgan fingerprint density at radius 1 is 0.619 bits per heavy atom. The highest BCUT2D eigenvalue weighted by Crippen LogP contribution is 2.43. The third kappa shape index (κ3) is 28.6. The Balaban J connectivity index is 4.26. The number of phosphoric acid groups is 1. The van der Waals surface area contributed by atoms with E-state index in [2.05, 4.69) is 38.2 Å². The molecule has 0 fully saturated rings. The maximum atomic E-state index is 12.4. The Labute approximate surface area is 256 Å². The molecule has 0 bridgehead atoms.